The number of ether oxygens (including phenoxy) is 2. The van der Waals surface area contributed by atoms with Gasteiger partial charge in [0.1, 0.15) is 17.1 Å². The van der Waals surface area contributed by atoms with Crippen LogP contribution in [0.4, 0.5) is 0 Å². The summed E-state index contributed by atoms with van der Waals surface area (Å²) < 4.78 is 11.4. The number of benzene rings is 1. The first-order valence-electron chi connectivity index (χ1n) is 6.94. The van der Waals surface area contributed by atoms with Gasteiger partial charge in [0.05, 0.1) is 12.0 Å². The highest BCUT2D eigenvalue weighted by Crippen LogP contribution is 2.35. The zero-order chi connectivity index (χ0) is 15.8. The summed E-state index contributed by atoms with van der Waals surface area (Å²) in [5, 5.41) is 0. The third kappa shape index (κ3) is 3.35. The van der Waals surface area contributed by atoms with Crippen LogP contribution in [0.2, 0.25) is 0 Å². The number of Topliss-reactive ketones (excluding diaryl/α,β-unsaturated/α-hetero) is 1. The first-order valence-corrected chi connectivity index (χ1v) is 6.94. The molecule has 1 aromatic carbocycles. The number of amides is 1. The van der Waals surface area contributed by atoms with Gasteiger partial charge in [-0.05, 0) is 32.9 Å². The molecule has 1 atom stereocenters. The lowest BCUT2D eigenvalue weighted by Gasteiger charge is -2.31. The largest absolute Gasteiger partial charge is 0.486 e. The Balaban J connectivity index is 2.22. The molecule has 2 rings (SSSR count). The summed E-state index contributed by atoms with van der Waals surface area (Å²) >= 11 is 0. The highest BCUT2D eigenvalue weighted by Gasteiger charge is 2.32. The fraction of sp³-hybridized carbons (Fsp3) is 0.500. The fourth-order valence-electron chi connectivity index (χ4n) is 2.32. The second-order valence-corrected chi connectivity index (χ2v) is 6.11. The predicted molar refractivity (Wildman–Crippen MR) is 78.9 cm³/mol. The van der Waals surface area contributed by atoms with Crippen LogP contribution in [0.15, 0.2) is 18.2 Å². The zero-order valence-corrected chi connectivity index (χ0v) is 13.1. The van der Waals surface area contributed by atoms with Crippen molar-refractivity contribution in [2.24, 2.45) is 0 Å². The van der Waals surface area contributed by atoms with E-state index in [-0.39, 0.29) is 11.7 Å². The minimum atomic E-state index is -0.592. The molecule has 0 fully saturated rings. The molecule has 0 spiro atoms. The van der Waals surface area contributed by atoms with Crippen LogP contribution in [0.5, 0.6) is 11.5 Å². The van der Waals surface area contributed by atoms with E-state index in [1.807, 2.05) is 13.8 Å². The number of fused-ring (bicyclic) bond motifs is 1. The van der Waals surface area contributed by atoms with Crippen LogP contribution >= 0.6 is 0 Å². The minimum Gasteiger partial charge on any atom is -0.486 e. The van der Waals surface area contributed by atoms with Crippen LogP contribution in [0.1, 0.15) is 37.6 Å². The smallest absolute Gasteiger partial charge is 0.262 e. The van der Waals surface area contributed by atoms with Gasteiger partial charge in [-0.3, -0.25) is 9.59 Å². The Morgan fingerprint density at radius 2 is 2.05 bits per heavy atom. The van der Waals surface area contributed by atoms with E-state index >= 15 is 0 Å². The second kappa shape index (κ2) is 5.39. The SMILES string of the molecule is CC(Oc1ccc2c(c1)OC(C)(C)CC2=O)C(=O)N(C)C. The lowest BCUT2D eigenvalue weighted by molar-refractivity contribution is -0.135. The van der Waals surface area contributed by atoms with Gasteiger partial charge in [0.2, 0.25) is 0 Å². The molecule has 0 bridgehead atoms. The van der Waals surface area contributed by atoms with Crippen LogP contribution in [-0.2, 0) is 4.79 Å². The van der Waals surface area contributed by atoms with Gasteiger partial charge in [-0.15, -0.1) is 0 Å². The van der Waals surface area contributed by atoms with E-state index in [1.54, 1.807) is 39.2 Å². The van der Waals surface area contributed by atoms with Crippen molar-refractivity contribution in [2.75, 3.05) is 14.1 Å². The maximum absolute atomic E-state index is 12.1. The van der Waals surface area contributed by atoms with Crippen LogP contribution < -0.4 is 9.47 Å². The highest BCUT2D eigenvalue weighted by atomic mass is 16.5. The Morgan fingerprint density at radius 1 is 1.38 bits per heavy atom. The number of rotatable bonds is 3. The second-order valence-electron chi connectivity index (χ2n) is 6.11. The summed E-state index contributed by atoms with van der Waals surface area (Å²) in [4.78, 5) is 25.3. The van der Waals surface area contributed by atoms with Gasteiger partial charge in [0.15, 0.2) is 11.9 Å². The number of hydrogen-bond donors (Lipinski definition) is 0. The first kappa shape index (κ1) is 15.4. The molecule has 1 amide bonds. The summed E-state index contributed by atoms with van der Waals surface area (Å²) in [5.74, 6) is 0.968. The average Bonchev–Trinajstić information content (AvgIpc) is 2.35. The normalized spacial score (nSPS) is 17.5. The molecule has 0 saturated heterocycles. The molecule has 1 aliphatic heterocycles. The summed E-state index contributed by atoms with van der Waals surface area (Å²) in [7, 11) is 3.36. The van der Waals surface area contributed by atoms with E-state index in [1.165, 1.54) is 4.90 Å². The molecule has 114 valence electrons. The lowest BCUT2D eigenvalue weighted by atomic mass is 9.93. The number of likely N-dealkylation sites (N-methyl/N-ethyl adjacent to an activating group) is 1. The molecule has 1 aromatic rings. The Kier molecular flexibility index (Phi) is 3.94. The van der Waals surface area contributed by atoms with Crippen LogP contribution in [0.25, 0.3) is 0 Å². The molecule has 5 heteroatoms. The van der Waals surface area contributed by atoms with E-state index in [2.05, 4.69) is 0 Å². The first-order chi connectivity index (χ1) is 9.69. The van der Waals surface area contributed by atoms with Gasteiger partial charge >= 0.3 is 0 Å². The molecular weight excluding hydrogens is 270 g/mol. The maximum Gasteiger partial charge on any atom is 0.262 e. The molecule has 0 N–H and O–H groups in total. The van der Waals surface area contributed by atoms with Crippen LogP contribution in [-0.4, -0.2) is 42.4 Å². The maximum atomic E-state index is 12.1. The van der Waals surface area contributed by atoms with E-state index in [4.69, 9.17) is 9.47 Å². The molecule has 21 heavy (non-hydrogen) atoms. The van der Waals surface area contributed by atoms with Gasteiger partial charge in [0, 0.05) is 20.2 Å². The molecule has 0 aliphatic carbocycles. The van der Waals surface area contributed by atoms with E-state index < -0.39 is 11.7 Å². The molecule has 0 saturated carbocycles. The number of carbonyl (C=O) groups excluding carboxylic acids is 2. The van der Waals surface area contributed by atoms with Crippen molar-refractivity contribution in [3.05, 3.63) is 23.8 Å². The Labute approximate surface area is 124 Å². The third-order valence-electron chi connectivity index (χ3n) is 3.33. The third-order valence-corrected chi connectivity index (χ3v) is 3.33. The van der Waals surface area contributed by atoms with Crippen molar-refractivity contribution in [1.82, 2.24) is 4.90 Å². The van der Waals surface area contributed by atoms with Crippen molar-refractivity contribution in [2.45, 2.75) is 38.9 Å². The standard InChI is InChI=1S/C16H21NO4/c1-10(15(19)17(4)5)20-11-6-7-12-13(18)9-16(2,3)21-14(12)8-11/h6-8,10H,9H2,1-5H3. The molecule has 0 radical (unpaired) electrons. The van der Waals surface area contributed by atoms with Gasteiger partial charge in [-0.25, -0.2) is 0 Å². The molecule has 1 unspecified atom stereocenters. The van der Waals surface area contributed by atoms with Crippen LogP contribution in [0, 0.1) is 0 Å². The fourth-order valence-corrected chi connectivity index (χ4v) is 2.32. The quantitative estimate of drug-likeness (QED) is 0.857. The van der Waals surface area contributed by atoms with E-state index in [0.29, 0.717) is 23.5 Å². The van der Waals surface area contributed by atoms with Crippen molar-refractivity contribution in [3.8, 4) is 11.5 Å². The summed E-state index contributed by atoms with van der Waals surface area (Å²) in [6, 6.07) is 5.06. The molecule has 0 aromatic heterocycles. The van der Waals surface area contributed by atoms with Crippen LogP contribution in [0.3, 0.4) is 0 Å². The van der Waals surface area contributed by atoms with Crippen molar-refractivity contribution >= 4 is 11.7 Å². The number of nitrogens with zero attached hydrogens (tertiary/aromatic N) is 1. The average molecular weight is 291 g/mol. The molecule has 1 heterocycles. The highest BCUT2D eigenvalue weighted by molar-refractivity contribution is 6.00. The molecular formula is C16H21NO4. The van der Waals surface area contributed by atoms with Gasteiger partial charge in [-0.1, -0.05) is 0 Å². The Bertz CT molecular complexity index is 578. The minimum absolute atomic E-state index is 0.0604. The monoisotopic (exact) mass is 291 g/mol. The predicted octanol–water partition coefficient (Wildman–Crippen LogP) is 2.29. The molecule has 1 aliphatic rings. The van der Waals surface area contributed by atoms with Crippen molar-refractivity contribution < 1.29 is 19.1 Å². The van der Waals surface area contributed by atoms with E-state index in [0.717, 1.165) is 0 Å². The van der Waals surface area contributed by atoms with Gasteiger partial charge in [0.25, 0.3) is 5.91 Å². The molecule has 5 nitrogen and oxygen atoms in total. The summed E-state index contributed by atoms with van der Waals surface area (Å²) in [6.45, 7) is 5.44. The van der Waals surface area contributed by atoms with E-state index in [9.17, 15) is 9.59 Å². The Hall–Kier alpha value is -2.04. The summed E-state index contributed by atoms with van der Waals surface area (Å²) in [6.07, 6.45) is -0.235. The summed E-state index contributed by atoms with van der Waals surface area (Å²) in [5.41, 5.74) is 0.0431. The van der Waals surface area contributed by atoms with Gasteiger partial charge < -0.3 is 14.4 Å². The number of hydrogen-bond acceptors (Lipinski definition) is 4. The zero-order valence-electron chi connectivity index (χ0n) is 13.1. The van der Waals surface area contributed by atoms with Gasteiger partial charge in [-0.2, -0.15) is 0 Å². The number of ketones is 1. The number of carbonyl (C=O) groups is 2. The van der Waals surface area contributed by atoms with Crippen molar-refractivity contribution in [3.63, 3.8) is 0 Å². The topological polar surface area (TPSA) is 55.8 Å². The Morgan fingerprint density at radius 3 is 2.67 bits per heavy atom. The lowest BCUT2D eigenvalue weighted by Crippen LogP contribution is -2.36. The van der Waals surface area contributed by atoms with Crippen molar-refractivity contribution in [1.29, 1.82) is 0 Å².